The average molecular weight is 198 g/mol. The van der Waals surface area contributed by atoms with Crippen LogP contribution in [0.1, 0.15) is 30.4 Å². The highest BCUT2D eigenvalue weighted by molar-refractivity contribution is 5.45. The van der Waals surface area contributed by atoms with E-state index in [9.17, 15) is 8.78 Å². The van der Waals surface area contributed by atoms with Gasteiger partial charge in [-0.2, -0.15) is 8.78 Å². The largest absolute Gasteiger partial charge is 0.435 e. The second kappa shape index (κ2) is 3.56. The Morgan fingerprint density at radius 2 is 2.21 bits per heavy atom. The Kier molecular flexibility index (Phi) is 2.40. The number of fused-ring (bicyclic) bond motifs is 1. The van der Waals surface area contributed by atoms with Crippen LogP contribution in [0.4, 0.5) is 8.78 Å². The molecule has 14 heavy (non-hydrogen) atoms. The molecule has 1 aromatic rings. The molecule has 0 aromatic heterocycles. The molecule has 2 rings (SSSR count). The van der Waals surface area contributed by atoms with Gasteiger partial charge >= 0.3 is 6.61 Å². The fourth-order valence-electron chi connectivity index (χ4n) is 2.03. The molecule has 1 aliphatic carbocycles. The van der Waals surface area contributed by atoms with Gasteiger partial charge in [0.05, 0.1) is 0 Å². The molecule has 0 bridgehead atoms. The standard InChI is InChI=1S/C11H12F2O/c1-7-5-6-9-8(7)3-2-4-10(9)14-11(12)13/h2-4,7,11H,5-6H2,1H3. The molecule has 0 spiro atoms. The SMILES string of the molecule is CC1CCc2c(OC(F)F)cccc21. The first-order valence-electron chi connectivity index (χ1n) is 4.75. The van der Waals surface area contributed by atoms with Gasteiger partial charge in [0.2, 0.25) is 0 Å². The van der Waals surface area contributed by atoms with Gasteiger partial charge in [-0.25, -0.2) is 0 Å². The summed E-state index contributed by atoms with van der Waals surface area (Å²) in [5.41, 5.74) is 2.11. The van der Waals surface area contributed by atoms with E-state index in [2.05, 4.69) is 11.7 Å². The lowest BCUT2D eigenvalue weighted by Crippen LogP contribution is -2.04. The van der Waals surface area contributed by atoms with E-state index in [0.717, 1.165) is 24.0 Å². The van der Waals surface area contributed by atoms with Crippen molar-refractivity contribution in [2.45, 2.75) is 32.3 Å². The van der Waals surface area contributed by atoms with Crippen molar-refractivity contribution in [3.63, 3.8) is 0 Å². The van der Waals surface area contributed by atoms with Crippen molar-refractivity contribution in [2.75, 3.05) is 0 Å². The fourth-order valence-corrected chi connectivity index (χ4v) is 2.03. The first-order valence-corrected chi connectivity index (χ1v) is 4.75. The summed E-state index contributed by atoms with van der Waals surface area (Å²) in [7, 11) is 0. The molecular weight excluding hydrogens is 186 g/mol. The normalized spacial score (nSPS) is 19.9. The zero-order chi connectivity index (χ0) is 10.1. The summed E-state index contributed by atoms with van der Waals surface area (Å²) in [6.45, 7) is -0.616. The van der Waals surface area contributed by atoms with Gasteiger partial charge in [0.15, 0.2) is 0 Å². The van der Waals surface area contributed by atoms with Crippen molar-refractivity contribution in [2.24, 2.45) is 0 Å². The topological polar surface area (TPSA) is 9.23 Å². The Labute approximate surface area is 81.7 Å². The fraction of sp³-hybridized carbons (Fsp3) is 0.455. The van der Waals surface area contributed by atoms with E-state index in [-0.39, 0.29) is 0 Å². The quantitative estimate of drug-likeness (QED) is 0.708. The molecule has 1 atom stereocenters. The van der Waals surface area contributed by atoms with Crippen LogP contribution in [0.3, 0.4) is 0 Å². The molecule has 0 radical (unpaired) electrons. The van der Waals surface area contributed by atoms with Crippen LogP contribution in [0, 0.1) is 0 Å². The van der Waals surface area contributed by atoms with E-state index in [1.165, 1.54) is 0 Å². The smallest absolute Gasteiger partial charge is 0.387 e. The van der Waals surface area contributed by atoms with Crippen LogP contribution in [-0.2, 0) is 6.42 Å². The monoisotopic (exact) mass is 198 g/mol. The molecule has 0 heterocycles. The van der Waals surface area contributed by atoms with Crippen molar-refractivity contribution in [1.82, 2.24) is 0 Å². The van der Waals surface area contributed by atoms with Crippen LogP contribution in [0.2, 0.25) is 0 Å². The van der Waals surface area contributed by atoms with Crippen LogP contribution in [0.15, 0.2) is 18.2 Å². The molecule has 0 saturated carbocycles. The average Bonchev–Trinajstić information content (AvgIpc) is 2.49. The molecule has 1 nitrogen and oxygen atoms in total. The van der Waals surface area contributed by atoms with Crippen molar-refractivity contribution in [3.8, 4) is 5.75 Å². The number of rotatable bonds is 2. The maximum Gasteiger partial charge on any atom is 0.387 e. The lowest BCUT2D eigenvalue weighted by molar-refractivity contribution is -0.0503. The molecule has 1 aromatic carbocycles. The van der Waals surface area contributed by atoms with Gasteiger partial charge in [0.1, 0.15) is 5.75 Å². The number of alkyl halides is 2. The van der Waals surface area contributed by atoms with E-state index in [1.807, 2.05) is 6.07 Å². The third-order valence-electron chi connectivity index (χ3n) is 2.74. The lowest BCUT2D eigenvalue weighted by atomic mass is 10.0. The maximum atomic E-state index is 12.1. The van der Waals surface area contributed by atoms with E-state index in [4.69, 9.17) is 0 Å². The first-order chi connectivity index (χ1) is 6.68. The highest BCUT2D eigenvalue weighted by Gasteiger charge is 2.22. The highest BCUT2D eigenvalue weighted by atomic mass is 19.3. The van der Waals surface area contributed by atoms with E-state index < -0.39 is 6.61 Å². The molecular formula is C11H12F2O. The van der Waals surface area contributed by atoms with Crippen LogP contribution in [-0.4, -0.2) is 6.61 Å². The van der Waals surface area contributed by atoms with Crippen LogP contribution in [0.5, 0.6) is 5.75 Å². The molecule has 76 valence electrons. The van der Waals surface area contributed by atoms with Crippen molar-refractivity contribution in [1.29, 1.82) is 0 Å². The predicted molar refractivity (Wildman–Crippen MR) is 49.8 cm³/mol. The van der Waals surface area contributed by atoms with E-state index in [1.54, 1.807) is 12.1 Å². The molecule has 3 heteroatoms. The zero-order valence-corrected chi connectivity index (χ0v) is 7.97. The molecule has 0 aliphatic heterocycles. The summed E-state index contributed by atoms with van der Waals surface area (Å²) < 4.78 is 28.6. The van der Waals surface area contributed by atoms with Crippen molar-refractivity contribution >= 4 is 0 Å². The van der Waals surface area contributed by atoms with E-state index in [0.29, 0.717) is 11.7 Å². The Morgan fingerprint density at radius 1 is 1.43 bits per heavy atom. The summed E-state index contributed by atoms with van der Waals surface area (Å²) in [6.07, 6.45) is 1.87. The molecule has 0 fully saturated rings. The lowest BCUT2D eigenvalue weighted by Gasteiger charge is -2.10. The van der Waals surface area contributed by atoms with Gasteiger partial charge in [-0.15, -0.1) is 0 Å². The summed E-state index contributed by atoms with van der Waals surface area (Å²) in [6, 6.07) is 5.38. The number of benzene rings is 1. The molecule has 0 amide bonds. The molecule has 1 unspecified atom stereocenters. The van der Waals surface area contributed by atoms with Gasteiger partial charge in [0, 0.05) is 0 Å². The summed E-state index contributed by atoms with van der Waals surface area (Å²) in [4.78, 5) is 0. The second-order valence-electron chi connectivity index (χ2n) is 3.64. The van der Waals surface area contributed by atoms with E-state index >= 15 is 0 Å². The summed E-state index contributed by atoms with van der Waals surface area (Å²) in [5, 5.41) is 0. The molecule has 0 saturated heterocycles. The van der Waals surface area contributed by atoms with Crippen LogP contribution >= 0.6 is 0 Å². The minimum Gasteiger partial charge on any atom is -0.435 e. The Balaban J connectivity index is 2.34. The number of halogens is 2. The van der Waals surface area contributed by atoms with Crippen LogP contribution < -0.4 is 4.74 Å². The predicted octanol–water partition coefficient (Wildman–Crippen LogP) is 3.34. The molecule has 0 N–H and O–H groups in total. The molecule has 1 aliphatic rings. The van der Waals surface area contributed by atoms with Crippen molar-refractivity contribution in [3.05, 3.63) is 29.3 Å². The zero-order valence-electron chi connectivity index (χ0n) is 7.97. The summed E-state index contributed by atoms with van der Waals surface area (Å²) >= 11 is 0. The van der Waals surface area contributed by atoms with Gasteiger partial charge in [-0.1, -0.05) is 19.1 Å². The Bertz CT molecular complexity index is 336. The Hall–Kier alpha value is -1.12. The number of hydrogen-bond acceptors (Lipinski definition) is 1. The Morgan fingerprint density at radius 3 is 2.93 bits per heavy atom. The maximum absolute atomic E-state index is 12.1. The minimum absolute atomic E-state index is 0.349. The van der Waals surface area contributed by atoms with Crippen LogP contribution in [0.25, 0.3) is 0 Å². The number of hydrogen-bond donors (Lipinski definition) is 0. The highest BCUT2D eigenvalue weighted by Crippen LogP contribution is 2.38. The number of ether oxygens (including phenoxy) is 1. The van der Waals surface area contributed by atoms with Gasteiger partial charge < -0.3 is 4.74 Å². The third-order valence-corrected chi connectivity index (χ3v) is 2.74. The van der Waals surface area contributed by atoms with Gasteiger partial charge in [-0.3, -0.25) is 0 Å². The summed E-state index contributed by atoms with van der Waals surface area (Å²) in [5.74, 6) is 0.813. The van der Waals surface area contributed by atoms with Gasteiger partial charge in [-0.05, 0) is 36.0 Å². The van der Waals surface area contributed by atoms with Gasteiger partial charge in [0.25, 0.3) is 0 Å². The first kappa shape index (κ1) is 9.44. The minimum atomic E-state index is -2.72. The third kappa shape index (κ3) is 1.59. The van der Waals surface area contributed by atoms with Crippen molar-refractivity contribution < 1.29 is 13.5 Å². The second-order valence-corrected chi connectivity index (χ2v) is 3.64.